The fourth-order valence-corrected chi connectivity index (χ4v) is 2.00. The van der Waals surface area contributed by atoms with Crippen molar-refractivity contribution in [3.63, 3.8) is 0 Å². The molecule has 0 saturated heterocycles. The van der Waals surface area contributed by atoms with Crippen molar-refractivity contribution < 1.29 is 4.42 Å². The molecule has 0 saturated carbocycles. The van der Waals surface area contributed by atoms with Crippen LogP contribution >= 0.6 is 11.6 Å². The maximum absolute atomic E-state index is 5.86. The van der Waals surface area contributed by atoms with Crippen LogP contribution in [0.1, 0.15) is 5.76 Å². The van der Waals surface area contributed by atoms with E-state index in [4.69, 9.17) is 16.0 Å². The standard InChI is InChI=1S/C14H11ClN2O/c15-11-6-12(8-16-7-11)17-9-13-5-10-3-1-2-4-14(10)18-13/h1-8,17H,9H2. The lowest BCUT2D eigenvalue weighted by Crippen LogP contribution is -1.98. The zero-order valence-corrected chi connectivity index (χ0v) is 10.3. The minimum atomic E-state index is 0.608. The van der Waals surface area contributed by atoms with Crippen molar-refractivity contribution in [2.75, 3.05) is 5.32 Å². The van der Waals surface area contributed by atoms with Crippen LogP contribution in [-0.2, 0) is 6.54 Å². The maximum Gasteiger partial charge on any atom is 0.134 e. The molecule has 90 valence electrons. The van der Waals surface area contributed by atoms with Crippen LogP contribution in [0.2, 0.25) is 5.02 Å². The molecule has 3 nitrogen and oxygen atoms in total. The second kappa shape index (κ2) is 4.70. The number of nitrogens with one attached hydrogen (secondary N) is 1. The summed E-state index contributed by atoms with van der Waals surface area (Å²) in [5.74, 6) is 0.885. The highest BCUT2D eigenvalue weighted by Gasteiger charge is 2.02. The van der Waals surface area contributed by atoms with Gasteiger partial charge in [0.05, 0.1) is 23.5 Å². The molecule has 0 radical (unpaired) electrons. The first-order valence-corrected chi connectivity index (χ1v) is 6.01. The number of benzene rings is 1. The Balaban J connectivity index is 1.76. The maximum atomic E-state index is 5.86. The van der Waals surface area contributed by atoms with E-state index in [2.05, 4.69) is 10.3 Å². The largest absolute Gasteiger partial charge is 0.459 e. The van der Waals surface area contributed by atoms with Crippen molar-refractivity contribution in [2.45, 2.75) is 6.54 Å². The molecule has 0 aliphatic heterocycles. The van der Waals surface area contributed by atoms with Gasteiger partial charge in [-0.2, -0.15) is 0 Å². The van der Waals surface area contributed by atoms with Crippen LogP contribution in [0.3, 0.4) is 0 Å². The van der Waals surface area contributed by atoms with Crippen molar-refractivity contribution in [1.29, 1.82) is 0 Å². The van der Waals surface area contributed by atoms with E-state index in [0.717, 1.165) is 22.4 Å². The molecule has 0 aliphatic rings. The number of furan rings is 1. The van der Waals surface area contributed by atoms with Crippen LogP contribution in [0.15, 0.2) is 53.2 Å². The summed E-state index contributed by atoms with van der Waals surface area (Å²) >= 11 is 5.86. The number of nitrogens with zero attached hydrogens (tertiary/aromatic N) is 1. The first-order valence-electron chi connectivity index (χ1n) is 5.63. The molecule has 0 atom stereocenters. The molecule has 0 spiro atoms. The fraction of sp³-hybridized carbons (Fsp3) is 0.0714. The lowest BCUT2D eigenvalue weighted by molar-refractivity contribution is 0.559. The number of rotatable bonds is 3. The third-order valence-corrected chi connectivity index (χ3v) is 2.85. The van der Waals surface area contributed by atoms with E-state index < -0.39 is 0 Å². The highest BCUT2D eigenvalue weighted by atomic mass is 35.5. The molecule has 2 aromatic heterocycles. The topological polar surface area (TPSA) is 38.1 Å². The smallest absolute Gasteiger partial charge is 0.134 e. The van der Waals surface area contributed by atoms with E-state index in [-0.39, 0.29) is 0 Å². The molecular formula is C14H11ClN2O. The number of fused-ring (bicyclic) bond motifs is 1. The van der Waals surface area contributed by atoms with E-state index in [0.29, 0.717) is 11.6 Å². The summed E-state index contributed by atoms with van der Waals surface area (Å²) < 4.78 is 5.70. The van der Waals surface area contributed by atoms with Gasteiger partial charge in [-0.1, -0.05) is 29.8 Å². The molecule has 0 bridgehead atoms. The Kier molecular flexibility index (Phi) is 2.90. The van der Waals surface area contributed by atoms with Crippen LogP contribution in [0.4, 0.5) is 5.69 Å². The van der Waals surface area contributed by atoms with Gasteiger partial charge >= 0.3 is 0 Å². The van der Waals surface area contributed by atoms with Gasteiger partial charge in [-0.05, 0) is 18.2 Å². The van der Waals surface area contributed by atoms with Crippen LogP contribution in [-0.4, -0.2) is 4.98 Å². The fourth-order valence-electron chi connectivity index (χ4n) is 1.82. The molecule has 0 unspecified atom stereocenters. The Bertz CT molecular complexity index is 645. The van der Waals surface area contributed by atoms with Gasteiger partial charge in [0.1, 0.15) is 11.3 Å². The molecular weight excluding hydrogens is 248 g/mol. The van der Waals surface area contributed by atoms with E-state index in [1.165, 1.54) is 0 Å². The summed E-state index contributed by atoms with van der Waals surface area (Å²) in [7, 11) is 0. The number of anilines is 1. The lowest BCUT2D eigenvalue weighted by Gasteiger charge is -2.03. The van der Waals surface area contributed by atoms with Crippen molar-refractivity contribution in [1.82, 2.24) is 4.98 Å². The van der Waals surface area contributed by atoms with Gasteiger partial charge in [0.2, 0.25) is 0 Å². The predicted molar refractivity (Wildman–Crippen MR) is 72.8 cm³/mol. The number of hydrogen-bond donors (Lipinski definition) is 1. The molecule has 0 fully saturated rings. The number of hydrogen-bond acceptors (Lipinski definition) is 3. The van der Waals surface area contributed by atoms with Gasteiger partial charge in [-0.25, -0.2) is 0 Å². The molecule has 18 heavy (non-hydrogen) atoms. The van der Waals surface area contributed by atoms with E-state index in [9.17, 15) is 0 Å². The van der Waals surface area contributed by atoms with Gasteiger partial charge in [-0.15, -0.1) is 0 Å². The van der Waals surface area contributed by atoms with Crippen molar-refractivity contribution in [2.24, 2.45) is 0 Å². The Morgan fingerprint density at radius 3 is 2.89 bits per heavy atom. The summed E-state index contributed by atoms with van der Waals surface area (Å²) in [6.45, 7) is 0.608. The average molecular weight is 259 g/mol. The second-order valence-electron chi connectivity index (χ2n) is 4.00. The molecule has 3 aromatic rings. The lowest BCUT2D eigenvalue weighted by atomic mass is 10.2. The SMILES string of the molecule is Clc1cncc(NCc2cc3ccccc3o2)c1. The minimum absolute atomic E-state index is 0.608. The highest BCUT2D eigenvalue weighted by Crippen LogP contribution is 2.20. The summed E-state index contributed by atoms with van der Waals surface area (Å²) in [6, 6.07) is 11.8. The summed E-state index contributed by atoms with van der Waals surface area (Å²) in [6.07, 6.45) is 3.34. The van der Waals surface area contributed by atoms with Crippen molar-refractivity contribution in [3.8, 4) is 0 Å². The molecule has 0 amide bonds. The third-order valence-electron chi connectivity index (χ3n) is 2.65. The Labute approximate surface area is 109 Å². The quantitative estimate of drug-likeness (QED) is 0.769. The molecule has 0 aliphatic carbocycles. The molecule has 1 N–H and O–H groups in total. The van der Waals surface area contributed by atoms with Crippen LogP contribution in [0, 0.1) is 0 Å². The first-order chi connectivity index (χ1) is 8.81. The van der Waals surface area contributed by atoms with Crippen molar-refractivity contribution >= 4 is 28.3 Å². The number of para-hydroxylation sites is 1. The van der Waals surface area contributed by atoms with Gasteiger partial charge in [-0.3, -0.25) is 4.98 Å². The van der Waals surface area contributed by atoms with Gasteiger partial charge in [0.15, 0.2) is 0 Å². The first kappa shape index (κ1) is 11.1. The minimum Gasteiger partial charge on any atom is -0.459 e. The van der Waals surface area contributed by atoms with Gasteiger partial charge < -0.3 is 9.73 Å². The normalized spacial score (nSPS) is 10.7. The molecule has 1 aromatic carbocycles. The van der Waals surface area contributed by atoms with Crippen LogP contribution in [0.25, 0.3) is 11.0 Å². The van der Waals surface area contributed by atoms with E-state index in [1.807, 2.05) is 36.4 Å². The average Bonchev–Trinajstić information content (AvgIpc) is 2.79. The van der Waals surface area contributed by atoms with E-state index in [1.54, 1.807) is 12.4 Å². The molecule has 3 rings (SSSR count). The second-order valence-corrected chi connectivity index (χ2v) is 4.43. The Morgan fingerprint density at radius 2 is 2.06 bits per heavy atom. The van der Waals surface area contributed by atoms with Crippen LogP contribution in [0.5, 0.6) is 0 Å². The van der Waals surface area contributed by atoms with Gasteiger partial charge in [0, 0.05) is 11.6 Å². The third kappa shape index (κ3) is 2.31. The predicted octanol–water partition coefficient (Wildman–Crippen LogP) is 4.09. The Hall–Kier alpha value is -2.00. The van der Waals surface area contributed by atoms with E-state index >= 15 is 0 Å². The zero-order valence-electron chi connectivity index (χ0n) is 9.56. The van der Waals surface area contributed by atoms with Crippen molar-refractivity contribution in [3.05, 3.63) is 59.6 Å². The number of pyridine rings is 1. The molecule has 2 heterocycles. The number of aromatic nitrogens is 1. The van der Waals surface area contributed by atoms with Crippen LogP contribution < -0.4 is 5.32 Å². The molecule has 4 heteroatoms. The zero-order chi connectivity index (χ0) is 12.4. The highest BCUT2D eigenvalue weighted by molar-refractivity contribution is 6.30. The van der Waals surface area contributed by atoms with Gasteiger partial charge in [0.25, 0.3) is 0 Å². The Morgan fingerprint density at radius 1 is 1.17 bits per heavy atom. The monoisotopic (exact) mass is 258 g/mol. The summed E-state index contributed by atoms with van der Waals surface area (Å²) in [5, 5.41) is 4.95. The number of halogens is 1. The summed E-state index contributed by atoms with van der Waals surface area (Å²) in [4.78, 5) is 4.01. The summed E-state index contributed by atoms with van der Waals surface area (Å²) in [5.41, 5.74) is 1.78.